The summed E-state index contributed by atoms with van der Waals surface area (Å²) in [6.45, 7) is 6.04. The van der Waals surface area contributed by atoms with Gasteiger partial charge in [0, 0.05) is 19.5 Å². The number of benzene rings is 1. The molecule has 0 radical (unpaired) electrons. The monoisotopic (exact) mass is 249 g/mol. The van der Waals surface area contributed by atoms with Gasteiger partial charge in [0.05, 0.1) is 0 Å². The van der Waals surface area contributed by atoms with Gasteiger partial charge in [0.1, 0.15) is 5.84 Å². The van der Waals surface area contributed by atoms with Gasteiger partial charge in [-0.1, -0.05) is 43.3 Å². The van der Waals surface area contributed by atoms with Gasteiger partial charge in [-0.05, 0) is 24.1 Å². The first kappa shape index (κ1) is 14.5. The second-order valence-electron chi connectivity index (χ2n) is 4.98. The van der Waals surface area contributed by atoms with Crippen molar-refractivity contribution in [3.05, 3.63) is 35.4 Å². The van der Waals surface area contributed by atoms with Crippen LogP contribution >= 0.6 is 0 Å². The highest BCUT2D eigenvalue weighted by molar-refractivity contribution is 5.79. The topological polar surface area (TPSA) is 61.8 Å². The minimum atomic E-state index is 0.275. The molecule has 0 amide bonds. The van der Waals surface area contributed by atoms with E-state index in [4.69, 9.17) is 10.9 Å². The highest BCUT2D eigenvalue weighted by atomic mass is 16.4. The van der Waals surface area contributed by atoms with Crippen LogP contribution in [0.4, 0.5) is 0 Å². The summed E-state index contributed by atoms with van der Waals surface area (Å²) < 4.78 is 0. The predicted octanol–water partition coefficient (Wildman–Crippen LogP) is 2.38. The lowest BCUT2D eigenvalue weighted by molar-refractivity contribution is 0.309. The minimum absolute atomic E-state index is 0.275. The molecular weight excluding hydrogens is 226 g/mol. The molecular formula is C14H23N3O. The van der Waals surface area contributed by atoms with E-state index in [2.05, 4.69) is 48.2 Å². The smallest absolute Gasteiger partial charge is 0.140 e. The van der Waals surface area contributed by atoms with Crippen molar-refractivity contribution in [3.63, 3.8) is 0 Å². The van der Waals surface area contributed by atoms with E-state index in [1.165, 1.54) is 11.1 Å². The molecule has 0 aliphatic heterocycles. The molecule has 0 aromatic heterocycles. The lowest BCUT2D eigenvalue weighted by Crippen LogP contribution is -2.24. The average molecular weight is 249 g/mol. The fraction of sp³-hybridized carbons (Fsp3) is 0.500. The van der Waals surface area contributed by atoms with E-state index in [1.54, 1.807) is 0 Å². The van der Waals surface area contributed by atoms with Crippen molar-refractivity contribution < 1.29 is 5.21 Å². The maximum Gasteiger partial charge on any atom is 0.140 e. The van der Waals surface area contributed by atoms with Gasteiger partial charge in [-0.15, -0.1) is 0 Å². The summed E-state index contributed by atoms with van der Waals surface area (Å²) in [6, 6.07) is 8.68. The lowest BCUT2D eigenvalue weighted by Gasteiger charge is -2.16. The van der Waals surface area contributed by atoms with Crippen LogP contribution in [0.2, 0.25) is 0 Å². The standard InChI is InChI=1S/C14H23N3O/c1-11(2)13-6-4-12(5-7-13)10-17(3)9-8-14(15)16-18/h4-7,11,18H,8-10H2,1-3H3,(H2,15,16). The summed E-state index contributed by atoms with van der Waals surface area (Å²) >= 11 is 0. The molecule has 1 rings (SSSR count). The summed E-state index contributed by atoms with van der Waals surface area (Å²) in [6.07, 6.45) is 0.580. The van der Waals surface area contributed by atoms with E-state index in [0.29, 0.717) is 12.3 Å². The summed E-state index contributed by atoms with van der Waals surface area (Å²) in [4.78, 5) is 2.16. The number of hydrogen-bond donors (Lipinski definition) is 2. The Bertz CT molecular complexity index is 385. The SMILES string of the molecule is CC(C)c1ccc(CN(C)CC/C(N)=N/O)cc1. The van der Waals surface area contributed by atoms with E-state index in [0.717, 1.165) is 13.1 Å². The van der Waals surface area contributed by atoms with Crippen LogP contribution in [0.25, 0.3) is 0 Å². The fourth-order valence-electron chi connectivity index (χ4n) is 1.75. The third-order valence-electron chi connectivity index (χ3n) is 2.98. The van der Waals surface area contributed by atoms with Gasteiger partial charge in [-0.25, -0.2) is 0 Å². The van der Waals surface area contributed by atoms with Crippen LogP contribution in [0, 0.1) is 0 Å². The molecule has 0 saturated carbocycles. The van der Waals surface area contributed by atoms with E-state index < -0.39 is 0 Å². The molecule has 18 heavy (non-hydrogen) atoms. The van der Waals surface area contributed by atoms with Crippen LogP contribution in [0.5, 0.6) is 0 Å². The zero-order valence-electron chi connectivity index (χ0n) is 11.4. The van der Waals surface area contributed by atoms with E-state index >= 15 is 0 Å². The second-order valence-corrected chi connectivity index (χ2v) is 4.98. The van der Waals surface area contributed by atoms with E-state index in [1.807, 2.05) is 7.05 Å². The quantitative estimate of drug-likeness (QED) is 0.352. The molecule has 100 valence electrons. The lowest BCUT2D eigenvalue weighted by atomic mass is 10.0. The Labute approximate surface area is 109 Å². The molecule has 1 aromatic carbocycles. The average Bonchev–Trinajstić information content (AvgIpc) is 2.36. The number of nitrogens with zero attached hydrogens (tertiary/aromatic N) is 2. The van der Waals surface area contributed by atoms with Crippen LogP contribution < -0.4 is 5.73 Å². The van der Waals surface area contributed by atoms with Crippen molar-refractivity contribution >= 4 is 5.84 Å². The largest absolute Gasteiger partial charge is 0.409 e. The molecule has 3 N–H and O–H groups in total. The first-order valence-corrected chi connectivity index (χ1v) is 6.26. The molecule has 0 heterocycles. The maximum absolute atomic E-state index is 8.46. The maximum atomic E-state index is 8.46. The molecule has 0 fully saturated rings. The second kappa shape index (κ2) is 7.01. The van der Waals surface area contributed by atoms with Crippen molar-refractivity contribution in [1.82, 2.24) is 4.90 Å². The van der Waals surface area contributed by atoms with Gasteiger partial charge in [0.15, 0.2) is 0 Å². The summed E-state index contributed by atoms with van der Waals surface area (Å²) in [7, 11) is 2.03. The van der Waals surface area contributed by atoms with Crippen molar-refractivity contribution in [2.75, 3.05) is 13.6 Å². The Morgan fingerprint density at radius 1 is 1.33 bits per heavy atom. The number of nitrogens with two attached hydrogens (primary N) is 1. The minimum Gasteiger partial charge on any atom is -0.409 e. The molecule has 0 bridgehead atoms. The Kier molecular flexibility index (Phi) is 5.65. The third kappa shape index (κ3) is 4.75. The number of oxime groups is 1. The summed E-state index contributed by atoms with van der Waals surface area (Å²) in [5.74, 6) is 0.842. The van der Waals surface area contributed by atoms with Crippen LogP contribution in [-0.2, 0) is 6.54 Å². The highest BCUT2D eigenvalue weighted by Gasteiger charge is 2.03. The highest BCUT2D eigenvalue weighted by Crippen LogP contribution is 2.15. The first-order valence-electron chi connectivity index (χ1n) is 6.26. The molecule has 4 nitrogen and oxygen atoms in total. The molecule has 0 aliphatic rings. The zero-order valence-corrected chi connectivity index (χ0v) is 11.4. The molecule has 0 saturated heterocycles. The van der Waals surface area contributed by atoms with Crippen molar-refractivity contribution in [2.45, 2.75) is 32.7 Å². The van der Waals surface area contributed by atoms with Crippen LogP contribution in [0.1, 0.15) is 37.3 Å². The van der Waals surface area contributed by atoms with Gasteiger partial charge in [-0.3, -0.25) is 0 Å². The van der Waals surface area contributed by atoms with Crippen molar-refractivity contribution in [1.29, 1.82) is 0 Å². The van der Waals surface area contributed by atoms with Crippen LogP contribution in [-0.4, -0.2) is 29.5 Å². The van der Waals surface area contributed by atoms with Crippen molar-refractivity contribution in [3.8, 4) is 0 Å². The van der Waals surface area contributed by atoms with Gasteiger partial charge in [0.25, 0.3) is 0 Å². The summed E-state index contributed by atoms with van der Waals surface area (Å²) in [5, 5.41) is 11.4. The van der Waals surface area contributed by atoms with Crippen LogP contribution in [0.3, 0.4) is 0 Å². The molecule has 0 unspecified atom stereocenters. The third-order valence-corrected chi connectivity index (χ3v) is 2.98. The van der Waals surface area contributed by atoms with E-state index in [-0.39, 0.29) is 5.84 Å². The Morgan fingerprint density at radius 3 is 2.44 bits per heavy atom. The Hall–Kier alpha value is -1.55. The first-order chi connectivity index (χ1) is 8.52. The van der Waals surface area contributed by atoms with Gasteiger partial charge in [-0.2, -0.15) is 0 Å². The van der Waals surface area contributed by atoms with E-state index in [9.17, 15) is 0 Å². The van der Waals surface area contributed by atoms with Crippen LogP contribution in [0.15, 0.2) is 29.4 Å². The van der Waals surface area contributed by atoms with Crippen molar-refractivity contribution in [2.24, 2.45) is 10.9 Å². The molecule has 4 heteroatoms. The number of rotatable bonds is 6. The molecule has 0 atom stereocenters. The normalized spacial score (nSPS) is 12.4. The Morgan fingerprint density at radius 2 is 1.94 bits per heavy atom. The number of amidine groups is 1. The predicted molar refractivity (Wildman–Crippen MR) is 74.9 cm³/mol. The molecule has 1 aromatic rings. The molecule has 0 spiro atoms. The van der Waals surface area contributed by atoms with Gasteiger partial charge in [0.2, 0.25) is 0 Å². The van der Waals surface area contributed by atoms with Gasteiger partial charge >= 0.3 is 0 Å². The number of hydrogen-bond acceptors (Lipinski definition) is 3. The fourth-order valence-corrected chi connectivity index (χ4v) is 1.75. The Balaban J connectivity index is 2.46. The zero-order chi connectivity index (χ0) is 13.5. The van der Waals surface area contributed by atoms with Gasteiger partial charge < -0.3 is 15.8 Å². The molecule has 0 aliphatic carbocycles. The summed E-state index contributed by atoms with van der Waals surface area (Å²) in [5.41, 5.74) is 8.08.